The maximum Gasteiger partial charge on any atom is 0.410 e. The maximum absolute atomic E-state index is 12.3. The number of halogens is 1. The molecule has 1 aromatic heterocycles. The topological polar surface area (TPSA) is 45.7 Å². The molecule has 2 aliphatic heterocycles. The van der Waals surface area contributed by atoms with Crippen LogP contribution in [0.2, 0.25) is 5.15 Å². The summed E-state index contributed by atoms with van der Waals surface area (Å²) in [6.45, 7) is 10.2. The van der Waals surface area contributed by atoms with E-state index in [9.17, 15) is 4.79 Å². The molecule has 0 bridgehead atoms. The molecule has 1 saturated carbocycles. The highest BCUT2D eigenvalue weighted by molar-refractivity contribution is 6.29. The third-order valence-electron chi connectivity index (χ3n) is 5.86. The summed E-state index contributed by atoms with van der Waals surface area (Å²) in [5, 5.41) is 0.527. The third kappa shape index (κ3) is 5.64. The Morgan fingerprint density at radius 1 is 1.13 bits per heavy atom. The van der Waals surface area contributed by atoms with Crippen molar-refractivity contribution in [3.05, 3.63) is 40.7 Å². The summed E-state index contributed by atoms with van der Waals surface area (Å²) in [5.74, 6) is 0.931. The molecule has 0 unspecified atom stereocenters. The number of carbonyl (C=O) groups is 1. The van der Waals surface area contributed by atoms with Gasteiger partial charge >= 0.3 is 6.09 Å². The van der Waals surface area contributed by atoms with Crippen molar-refractivity contribution in [2.24, 2.45) is 5.92 Å². The van der Waals surface area contributed by atoms with E-state index in [2.05, 4.69) is 28.1 Å². The molecule has 30 heavy (non-hydrogen) atoms. The summed E-state index contributed by atoms with van der Waals surface area (Å²) < 4.78 is 5.48. The molecule has 0 radical (unpaired) electrons. The number of aromatic nitrogens is 1. The number of amides is 1. The van der Waals surface area contributed by atoms with E-state index >= 15 is 0 Å². The van der Waals surface area contributed by atoms with E-state index in [0.717, 1.165) is 43.1 Å². The maximum atomic E-state index is 12.3. The molecular weight excluding hydrogens is 398 g/mol. The van der Waals surface area contributed by atoms with E-state index in [4.69, 9.17) is 16.3 Å². The second kappa shape index (κ2) is 8.72. The van der Waals surface area contributed by atoms with Crippen LogP contribution in [0.5, 0.6) is 0 Å². The molecule has 162 valence electrons. The lowest BCUT2D eigenvalue weighted by Gasteiger charge is -2.29. The first-order valence-corrected chi connectivity index (χ1v) is 11.4. The second-order valence-corrected chi connectivity index (χ2v) is 10.0. The van der Waals surface area contributed by atoms with Gasteiger partial charge in [-0.25, -0.2) is 9.78 Å². The number of pyridine rings is 1. The zero-order chi connectivity index (χ0) is 21.3. The molecule has 1 fully saturated rings. The van der Waals surface area contributed by atoms with E-state index < -0.39 is 5.60 Å². The number of rotatable bonds is 4. The average molecular weight is 430 g/mol. The van der Waals surface area contributed by atoms with E-state index in [1.807, 2.05) is 26.8 Å². The Kier molecular flexibility index (Phi) is 6.21. The van der Waals surface area contributed by atoms with Gasteiger partial charge < -0.3 is 9.64 Å². The minimum absolute atomic E-state index is 0.263. The molecule has 1 amide bonds. The quantitative estimate of drug-likeness (QED) is 0.612. The van der Waals surface area contributed by atoms with Gasteiger partial charge in [0.25, 0.3) is 0 Å². The van der Waals surface area contributed by atoms with Crippen molar-refractivity contribution in [1.82, 2.24) is 14.8 Å². The van der Waals surface area contributed by atoms with Crippen molar-refractivity contribution in [2.45, 2.75) is 52.1 Å². The predicted molar refractivity (Wildman–Crippen MR) is 121 cm³/mol. The summed E-state index contributed by atoms with van der Waals surface area (Å²) in [4.78, 5) is 21.2. The Labute approximate surface area is 184 Å². The van der Waals surface area contributed by atoms with Crippen LogP contribution in [0.4, 0.5) is 4.79 Å². The Balaban J connectivity index is 1.43. The van der Waals surface area contributed by atoms with E-state index in [-0.39, 0.29) is 6.09 Å². The summed E-state index contributed by atoms with van der Waals surface area (Å²) in [7, 11) is 0. The minimum Gasteiger partial charge on any atom is -0.444 e. The number of carbonyl (C=O) groups excluding carboxylic acids is 1. The van der Waals surface area contributed by atoms with Crippen LogP contribution in [-0.4, -0.2) is 59.2 Å². The first-order valence-electron chi connectivity index (χ1n) is 11.0. The van der Waals surface area contributed by atoms with Crippen molar-refractivity contribution >= 4 is 28.8 Å². The zero-order valence-electron chi connectivity index (χ0n) is 18.3. The molecule has 0 aromatic carbocycles. The van der Waals surface area contributed by atoms with Crippen LogP contribution in [0.15, 0.2) is 24.3 Å². The molecule has 0 saturated heterocycles. The molecule has 3 aliphatic rings. The van der Waals surface area contributed by atoms with Gasteiger partial charge in [-0.1, -0.05) is 23.8 Å². The summed E-state index contributed by atoms with van der Waals surface area (Å²) >= 11 is 6.39. The Morgan fingerprint density at radius 2 is 1.87 bits per heavy atom. The lowest BCUT2D eigenvalue weighted by Crippen LogP contribution is -2.39. The highest BCUT2D eigenvalue weighted by Gasteiger charge is 2.26. The van der Waals surface area contributed by atoms with Crippen LogP contribution in [-0.2, 0) is 4.74 Å². The predicted octanol–water partition coefficient (Wildman–Crippen LogP) is 5.26. The standard InChI is InChI=1S/C24H32ClN3O2/c1-24(2,3)30-23(29)28-12-8-19(9-13-28)21-14-20(15-22(25)26-21)18-6-10-27(11-7-18)16-17-4-5-17/h6,8,14-15,17H,4-5,7,9-13,16H2,1-3H3. The summed E-state index contributed by atoms with van der Waals surface area (Å²) in [6, 6.07) is 4.13. The van der Waals surface area contributed by atoms with Gasteiger partial charge in [-0.2, -0.15) is 0 Å². The molecule has 6 heteroatoms. The lowest BCUT2D eigenvalue weighted by atomic mass is 9.96. The van der Waals surface area contributed by atoms with Crippen LogP contribution in [0.1, 0.15) is 57.7 Å². The van der Waals surface area contributed by atoms with Gasteiger partial charge in [0, 0.05) is 32.7 Å². The van der Waals surface area contributed by atoms with Crippen LogP contribution in [0.3, 0.4) is 0 Å². The van der Waals surface area contributed by atoms with Gasteiger partial charge in [-0.15, -0.1) is 0 Å². The van der Waals surface area contributed by atoms with Crippen LogP contribution >= 0.6 is 11.6 Å². The highest BCUT2D eigenvalue weighted by Crippen LogP contribution is 2.32. The van der Waals surface area contributed by atoms with Gasteiger partial charge in [0.2, 0.25) is 0 Å². The number of nitrogens with zero attached hydrogens (tertiary/aromatic N) is 3. The van der Waals surface area contributed by atoms with Crippen molar-refractivity contribution in [1.29, 1.82) is 0 Å². The summed E-state index contributed by atoms with van der Waals surface area (Å²) in [6.07, 6.45) is 8.76. The first kappa shape index (κ1) is 21.4. The monoisotopic (exact) mass is 429 g/mol. The van der Waals surface area contributed by atoms with Crippen molar-refractivity contribution in [3.63, 3.8) is 0 Å². The lowest BCUT2D eigenvalue weighted by molar-refractivity contribution is 0.0270. The molecule has 0 spiro atoms. The molecule has 4 rings (SSSR count). The number of hydrogen-bond acceptors (Lipinski definition) is 4. The fourth-order valence-corrected chi connectivity index (χ4v) is 4.25. The van der Waals surface area contributed by atoms with E-state index in [1.54, 1.807) is 4.90 Å². The smallest absolute Gasteiger partial charge is 0.410 e. The van der Waals surface area contributed by atoms with E-state index in [1.165, 1.54) is 30.5 Å². The Bertz CT molecular complexity index is 868. The SMILES string of the molecule is CC(C)(C)OC(=O)N1CC=C(c2cc(C3=CCN(CC4CC4)CC3)cc(Cl)n2)CC1. The first-order chi connectivity index (χ1) is 14.3. The third-order valence-corrected chi connectivity index (χ3v) is 6.05. The summed E-state index contributed by atoms with van der Waals surface area (Å²) in [5.41, 5.74) is 4.12. The highest BCUT2D eigenvalue weighted by atomic mass is 35.5. The molecule has 1 aliphatic carbocycles. The second-order valence-electron chi connectivity index (χ2n) is 9.65. The normalized spacial score (nSPS) is 20.6. The van der Waals surface area contributed by atoms with Gasteiger partial charge in [-0.05, 0) is 81.2 Å². The van der Waals surface area contributed by atoms with Gasteiger partial charge in [0.15, 0.2) is 0 Å². The largest absolute Gasteiger partial charge is 0.444 e. The van der Waals surface area contributed by atoms with Crippen molar-refractivity contribution in [2.75, 3.05) is 32.7 Å². The van der Waals surface area contributed by atoms with E-state index in [0.29, 0.717) is 18.2 Å². The number of ether oxygens (including phenoxy) is 1. The van der Waals surface area contributed by atoms with Gasteiger partial charge in [0.1, 0.15) is 10.8 Å². The molecule has 5 nitrogen and oxygen atoms in total. The molecule has 0 N–H and O–H groups in total. The van der Waals surface area contributed by atoms with Gasteiger partial charge in [-0.3, -0.25) is 4.90 Å². The molecule has 3 heterocycles. The molecule has 0 atom stereocenters. The zero-order valence-corrected chi connectivity index (χ0v) is 19.0. The van der Waals surface area contributed by atoms with Crippen molar-refractivity contribution < 1.29 is 9.53 Å². The van der Waals surface area contributed by atoms with Crippen LogP contribution in [0, 0.1) is 5.92 Å². The number of hydrogen-bond donors (Lipinski definition) is 0. The van der Waals surface area contributed by atoms with Gasteiger partial charge in [0.05, 0.1) is 5.69 Å². The van der Waals surface area contributed by atoms with Crippen LogP contribution < -0.4 is 0 Å². The minimum atomic E-state index is -0.480. The van der Waals surface area contributed by atoms with Crippen molar-refractivity contribution in [3.8, 4) is 0 Å². The fourth-order valence-electron chi connectivity index (χ4n) is 4.05. The van der Waals surface area contributed by atoms with Crippen LogP contribution in [0.25, 0.3) is 11.1 Å². The molecule has 1 aromatic rings. The average Bonchev–Trinajstić information content (AvgIpc) is 3.51. The Morgan fingerprint density at radius 3 is 2.47 bits per heavy atom. The molecular formula is C24H32ClN3O2. The Hall–Kier alpha value is -1.85. The fraction of sp³-hybridized carbons (Fsp3) is 0.583.